The van der Waals surface area contributed by atoms with Crippen LogP contribution in [0.15, 0.2) is 65.1 Å². The van der Waals surface area contributed by atoms with E-state index in [1.807, 2.05) is 0 Å². The highest BCUT2D eigenvalue weighted by Crippen LogP contribution is 2.21. The molecule has 9 N–H and O–H groups in total. The molecule has 4 heterocycles. The van der Waals surface area contributed by atoms with Gasteiger partial charge in [0.2, 0.25) is 0 Å². The Balaban J connectivity index is 0.00000676. The van der Waals surface area contributed by atoms with Gasteiger partial charge in [-0.25, -0.2) is 0 Å². The smallest absolute Gasteiger partial charge is 0.272 e. The van der Waals surface area contributed by atoms with Crippen molar-refractivity contribution in [3.63, 3.8) is 0 Å². The second-order valence-electron chi connectivity index (χ2n) is 11.0. The van der Waals surface area contributed by atoms with Crippen LogP contribution in [0.5, 0.6) is 0 Å². The van der Waals surface area contributed by atoms with Crippen LogP contribution in [-0.2, 0) is 33.0 Å². The number of guanidine groups is 1. The summed E-state index contributed by atoms with van der Waals surface area (Å²) in [6.45, 7) is 4.27. The number of aryl methyl sites for hydroxylation is 4. The van der Waals surface area contributed by atoms with E-state index >= 15 is 0 Å². The Morgan fingerprint density at radius 2 is 1.00 bits per heavy atom. The second-order valence-corrected chi connectivity index (χ2v) is 12.0. The van der Waals surface area contributed by atoms with Crippen molar-refractivity contribution in [2.24, 2.45) is 44.7 Å². The van der Waals surface area contributed by atoms with Crippen molar-refractivity contribution in [1.82, 2.24) is 23.6 Å². The van der Waals surface area contributed by atoms with Gasteiger partial charge in [0.1, 0.15) is 22.8 Å². The molecule has 0 aliphatic rings. The van der Waals surface area contributed by atoms with Crippen LogP contribution in [0, 0.1) is 0 Å². The van der Waals surface area contributed by atoms with Gasteiger partial charge >= 0.3 is 0 Å². The third-order valence-corrected chi connectivity index (χ3v) is 7.50. The van der Waals surface area contributed by atoms with Gasteiger partial charge in [0, 0.05) is 66.1 Å². The van der Waals surface area contributed by atoms with E-state index in [1.54, 1.807) is 77.3 Å². The summed E-state index contributed by atoms with van der Waals surface area (Å²) in [6.07, 6.45) is 6.91. The molecule has 50 heavy (non-hydrogen) atoms. The van der Waals surface area contributed by atoms with Gasteiger partial charge in [0.05, 0.1) is 27.2 Å². The molecule has 266 valence electrons. The van der Waals surface area contributed by atoms with Gasteiger partial charge in [-0.15, -0.1) is 12.4 Å². The summed E-state index contributed by atoms with van der Waals surface area (Å²) in [5, 5.41) is 13.7. The summed E-state index contributed by atoms with van der Waals surface area (Å²) < 4.78 is 6.39. The van der Waals surface area contributed by atoms with Crippen molar-refractivity contribution in [2.75, 3.05) is 34.4 Å². The largest absolute Gasteiger partial charge is 0.370 e. The number of halogens is 2. The zero-order valence-corrected chi connectivity index (χ0v) is 30.1. The molecule has 0 aliphatic carbocycles. The molecule has 4 aromatic rings. The molecule has 0 radical (unpaired) electrons. The van der Waals surface area contributed by atoms with Gasteiger partial charge in [-0.05, 0) is 46.6 Å². The van der Waals surface area contributed by atoms with E-state index in [0.29, 0.717) is 48.0 Å². The lowest BCUT2D eigenvalue weighted by Crippen LogP contribution is -2.27. The number of aliphatic imine (C=N–C) groups is 1. The normalized spacial score (nSPS) is 10.4. The lowest BCUT2D eigenvalue weighted by molar-refractivity contribution is -0.112. The van der Waals surface area contributed by atoms with Crippen LogP contribution in [0.4, 0.5) is 22.7 Å². The molecule has 0 aliphatic heterocycles. The van der Waals surface area contributed by atoms with E-state index in [-0.39, 0.29) is 45.8 Å². The summed E-state index contributed by atoms with van der Waals surface area (Å²) in [7, 11) is 6.65. The number of carbonyl (C=O) groups excluding carboxylic acids is 5. The summed E-state index contributed by atoms with van der Waals surface area (Å²) in [6, 6.07) is 6.09. The van der Waals surface area contributed by atoms with Crippen molar-refractivity contribution in [1.29, 1.82) is 0 Å². The molecule has 0 saturated heterocycles. The minimum Gasteiger partial charge on any atom is -0.370 e. The van der Waals surface area contributed by atoms with E-state index in [9.17, 15) is 24.0 Å². The monoisotopic (exact) mass is 772 g/mol. The Labute approximate surface area is 301 Å². The first kappa shape index (κ1) is 38.7. The SMILES string of the molecule is C=C(Br)C(=O)Nc1cc(C(=O)Nc2cc(C(=O)Nc3cc(C(=O)Nc4cc(C(=O)NCCCN=C(N)N)n(C)c4)n(C)c3)n(C)c2)n(C)c1.Cl. The maximum absolute atomic E-state index is 13.2. The first-order valence-electron chi connectivity index (χ1n) is 14.7. The quantitative estimate of drug-likeness (QED) is 0.0464. The number of hydrogen-bond donors (Lipinski definition) is 7. The van der Waals surface area contributed by atoms with E-state index in [4.69, 9.17) is 11.5 Å². The summed E-state index contributed by atoms with van der Waals surface area (Å²) in [4.78, 5) is 67.6. The van der Waals surface area contributed by atoms with Gasteiger partial charge in [0.25, 0.3) is 29.5 Å². The molecule has 0 bridgehead atoms. The fraction of sp³-hybridized carbons (Fsp3) is 0.226. The third-order valence-electron chi connectivity index (χ3n) is 7.14. The minimum atomic E-state index is -0.476. The average Bonchev–Trinajstić information content (AvgIpc) is 3.77. The van der Waals surface area contributed by atoms with Crippen LogP contribution in [0.1, 0.15) is 48.4 Å². The first-order valence-corrected chi connectivity index (χ1v) is 15.5. The zero-order chi connectivity index (χ0) is 36.0. The third kappa shape index (κ3) is 9.66. The van der Waals surface area contributed by atoms with Crippen molar-refractivity contribution in [3.05, 3.63) is 82.9 Å². The summed E-state index contributed by atoms with van der Waals surface area (Å²) in [5.74, 6) is -2.16. The van der Waals surface area contributed by atoms with Gasteiger partial charge in [-0.1, -0.05) is 6.58 Å². The van der Waals surface area contributed by atoms with Crippen LogP contribution in [0.3, 0.4) is 0 Å². The molecule has 0 fully saturated rings. The summed E-state index contributed by atoms with van der Waals surface area (Å²) >= 11 is 3.01. The fourth-order valence-electron chi connectivity index (χ4n) is 4.80. The molecule has 17 nitrogen and oxygen atoms in total. The number of aromatic nitrogens is 4. The Kier molecular flexibility index (Phi) is 12.8. The maximum Gasteiger partial charge on any atom is 0.272 e. The van der Waals surface area contributed by atoms with Crippen LogP contribution in [-0.4, -0.2) is 66.9 Å². The molecular formula is C31H38BrClN12O5. The van der Waals surface area contributed by atoms with Gasteiger partial charge < -0.3 is 56.3 Å². The highest BCUT2D eigenvalue weighted by Gasteiger charge is 2.20. The van der Waals surface area contributed by atoms with Crippen LogP contribution < -0.4 is 38.1 Å². The van der Waals surface area contributed by atoms with Crippen molar-refractivity contribution in [2.45, 2.75) is 6.42 Å². The van der Waals surface area contributed by atoms with E-state index in [2.05, 4.69) is 54.1 Å². The lowest BCUT2D eigenvalue weighted by atomic mass is 10.3. The molecule has 0 unspecified atom stereocenters. The van der Waals surface area contributed by atoms with Crippen molar-refractivity contribution < 1.29 is 24.0 Å². The van der Waals surface area contributed by atoms with Gasteiger partial charge in [-0.2, -0.15) is 0 Å². The Morgan fingerprint density at radius 3 is 1.34 bits per heavy atom. The lowest BCUT2D eigenvalue weighted by Gasteiger charge is -2.04. The standard InChI is InChI=1S/C31H37BrN12O5.ClH/c1-17(32)26(45)37-18-10-23(42(3)13-18)28(47)39-20-12-25(44(5)15-20)30(49)40-21-11-24(43(4)16-21)29(48)38-19-9-22(41(2)14-19)27(46)35-7-6-8-36-31(33)34;/h9-16H,1,6-8H2,2-5H3,(H,35,46)(H,37,45)(H,38,48)(H,39,47)(H,40,49)(H4,33,34,36);1H. The number of carbonyl (C=O) groups is 5. The van der Waals surface area contributed by atoms with Gasteiger partial charge in [0.15, 0.2) is 5.96 Å². The molecule has 4 aromatic heterocycles. The molecule has 4 rings (SSSR count). The predicted molar refractivity (Wildman–Crippen MR) is 197 cm³/mol. The van der Waals surface area contributed by atoms with E-state index in [1.165, 1.54) is 18.2 Å². The van der Waals surface area contributed by atoms with Crippen LogP contribution >= 0.6 is 28.3 Å². The molecule has 19 heteroatoms. The van der Waals surface area contributed by atoms with Crippen molar-refractivity contribution >= 4 is 86.6 Å². The number of hydrogen-bond acceptors (Lipinski definition) is 6. The van der Waals surface area contributed by atoms with Crippen molar-refractivity contribution in [3.8, 4) is 0 Å². The number of nitrogens with zero attached hydrogens (tertiary/aromatic N) is 5. The summed E-state index contributed by atoms with van der Waals surface area (Å²) in [5.41, 5.74) is 13.3. The first-order chi connectivity index (χ1) is 23.1. The Morgan fingerprint density at radius 1 is 0.660 bits per heavy atom. The average molecular weight is 774 g/mol. The second kappa shape index (κ2) is 16.6. The Hall–Kier alpha value is -5.75. The molecule has 0 atom stereocenters. The fourth-order valence-corrected chi connectivity index (χ4v) is 4.90. The Bertz CT molecular complexity index is 1980. The number of nitrogens with one attached hydrogen (secondary N) is 5. The molecular weight excluding hydrogens is 736 g/mol. The minimum absolute atomic E-state index is 0. The highest BCUT2D eigenvalue weighted by molar-refractivity contribution is 9.12. The predicted octanol–water partition coefficient (Wildman–Crippen LogP) is 2.46. The maximum atomic E-state index is 13.2. The number of rotatable bonds is 13. The molecule has 5 amide bonds. The number of anilines is 4. The van der Waals surface area contributed by atoms with Gasteiger partial charge in [-0.3, -0.25) is 29.0 Å². The zero-order valence-electron chi connectivity index (χ0n) is 27.7. The van der Waals surface area contributed by atoms with Crippen LogP contribution in [0.2, 0.25) is 0 Å². The van der Waals surface area contributed by atoms with E-state index < -0.39 is 23.6 Å². The van der Waals surface area contributed by atoms with Crippen LogP contribution in [0.25, 0.3) is 0 Å². The molecule has 0 spiro atoms. The number of nitrogens with two attached hydrogens (primary N) is 2. The van der Waals surface area contributed by atoms with E-state index in [0.717, 1.165) is 0 Å². The number of amides is 5. The molecule has 0 aromatic carbocycles. The topological polar surface area (TPSA) is 230 Å². The molecule has 0 saturated carbocycles. The highest BCUT2D eigenvalue weighted by atomic mass is 79.9.